The molecule has 2 N–H and O–H groups in total. The number of amides is 1. The van der Waals surface area contributed by atoms with Gasteiger partial charge in [-0.2, -0.15) is 5.10 Å². The summed E-state index contributed by atoms with van der Waals surface area (Å²) in [6, 6.07) is 0. The van der Waals surface area contributed by atoms with Crippen LogP contribution in [0.1, 0.15) is 31.2 Å². The Labute approximate surface area is 112 Å². The number of rotatable bonds is 6. The molecule has 1 atom stereocenters. The van der Waals surface area contributed by atoms with Crippen molar-refractivity contribution in [3.63, 3.8) is 0 Å². The third-order valence-electron chi connectivity index (χ3n) is 2.74. The molecule has 0 aliphatic carbocycles. The maximum absolute atomic E-state index is 11.7. The number of aryl methyl sites for hydroxylation is 1. The van der Waals surface area contributed by atoms with Gasteiger partial charge in [0, 0.05) is 6.54 Å². The van der Waals surface area contributed by atoms with Gasteiger partial charge in [0.1, 0.15) is 6.54 Å². The summed E-state index contributed by atoms with van der Waals surface area (Å²) in [6.07, 6.45) is 1.10. The highest BCUT2D eigenvalue weighted by atomic mass is 35.5. The highest BCUT2D eigenvalue weighted by molar-refractivity contribution is 6.31. The quantitative estimate of drug-likeness (QED) is 0.824. The lowest BCUT2D eigenvalue weighted by atomic mass is 10.2. The summed E-state index contributed by atoms with van der Waals surface area (Å²) in [4.78, 5) is 11.7. The molecule has 1 unspecified atom stereocenters. The van der Waals surface area contributed by atoms with E-state index in [0.29, 0.717) is 17.1 Å². The van der Waals surface area contributed by atoms with E-state index in [1.165, 1.54) is 0 Å². The number of halogens is 1. The molecule has 0 fully saturated rings. The highest BCUT2D eigenvalue weighted by Crippen LogP contribution is 2.18. The van der Waals surface area contributed by atoms with Gasteiger partial charge in [-0.25, -0.2) is 0 Å². The number of aliphatic hydroxyl groups is 1. The summed E-state index contributed by atoms with van der Waals surface area (Å²) < 4.78 is 1.57. The molecule has 1 aromatic heterocycles. The predicted molar refractivity (Wildman–Crippen MR) is 70.6 cm³/mol. The maximum Gasteiger partial charge on any atom is 0.241 e. The molecule has 0 aromatic carbocycles. The van der Waals surface area contributed by atoms with Crippen LogP contribution >= 0.6 is 11.6 Å². The molecule has 102 valence electrons. The summed E-state index contributed by atoms with van der Waals surface area (Å²) in [5.74, 6) is -0.174. The van der Waals surface area contributed by atoms with Crippen molar-refractivity contribution in [1.82, 2.24) is 15.1 Å². The Morgan fingerprint density at radius 3 is 2.72 bits per heavy atom. The van der Waals surface area contributed by atoms with E-state index in [9.17, 15) is 9.90 Å². The first-order valence-corrected chi connectivity index (χ1v) is 6.47. The number of nitrogens with one attached hydrogen (secondary N) is 1. The topological polar surface area (TPSA) is 67.2 Å². The molecule has 1 heterocycles. The van der Waals surface area contributed by atoms with E-state index in [2.05, 4.69) is 10.4 Å². The molecular weight excluding hydrogens is 254 g/mol. The first-order chi connectivity index (χ1) is 8.45. The van der Waals surface area contributed by atoms with Crippen LogP contribution < -0.4 is 5.32 Å². The molecule has 0 bridgehead atoms. The number of hydrogen-bond donors (Lipinski definition) is 2. The number of nitrogens with zero attached hydrogens (tertiary/aromatic N) is 2. The van der Waals surface area contributed by atoms with Crippen molar-refractivity contribution in [2.75, 3.05) is 6.54 Å². The molecule has 18 heavy (non-hydrogen) atoms. The second-order valence-corrected chi connectivity index (χ2v) is 4.77. The van der Waals surface area contributed by atoms with Crippen molar-refractivity contribution >= 4 is 17.5 Å². The van der Waals surface area contributed by atoms with Gasteiger partial charge in [-0.15, -0.1) is 0 Å². The van der Waals surface area contributed by atoms with Crippen LogP contribution in [0.3, 0.4) is 0 Å². The minimum Gasteiger partial charge on any atom is -0.391 e. The van der Waals surface area contributed by atoms with E-state index in [-0.39, 0.29) is 19.0 Å². The fraction of sp³-hybridized carbons (Fsp3) is 0.667. The summed E-state index contributed by atoms with van der Waals surface area (Å²) >= 11 is 6.00. The first-order valence-electron chi connectivity index (χ1n) is 6.10. The van der Waals surface area contributed by atoms with Crippen molar-refractivity contribution in [1.29, 1.82) is 0 Å². The van der Waals surface area contributed by atoms with Crippen LogP contribution in [0, 0.1) is 13.8 Å². The Morgan fingerprint density at radius 1 is 1.56 bits per heavy atom. The Bertz CT molecular complexity index is 418. The van der Waals surface area contributed by atoms with Gasteiger partial charge in [0.2, 0.25) is 5.91 Å². The molecule has 1 rings (SSSR count). The minimum atomic E-state index is -0.483. The van der Waals surface area contributed by atoms with Gasteiger partial charge in [0.15, 0.2) is 0 Å². The smallest absolute Gasteiger partial charge is 0.241 e. The molecule has 5 nitrogen and oxygen atoms in total. The SMILES string of the molecule is CCCC(O)CNC(=O)Cn1nc(C)c(Cl)c1C. The second-order valence-electron chi connectivity index (χ2n) is 4.39. The van der Waals surface area contributed by atoms with Gasteiger partial charge in [-0.1, -0.05) is 24.9 Å². The Hall–Kier alpha value is -1.07. The van der Waals surface area contributed by atoms with E-state index < -0.39 is 6.10 Å². The molecule has 0 aliphatic rings. The molecular formula is C12H20ClN3O2. The van der Waals surface area contributed by atoms with Gasteiger partial charge >= 0.3 is 0 Å². The molecule has 0 saturated carbocycles. The summed E-state index contributed by atoms with van der Waals surface area (Å²) in [7, 11) is 0. The Morgan fingerprint density at radius 2 is 2.22 bits per heavy atom. The van der Waals surface area contributed by atoms with E-state index in [0.717, 1.165) is 12.1 Å². The maximum atomic E-state index is 11.7. The fourth-order valence-corrected chi connectivity index (χ4v) is 1.82. The third kappa shape index (κ3) is 3.99. The minimum absolute atomic E-state index is 0.123. The summed E-state index contributed by atoms with van der Waals surface area (Å²) in [6.45, 7) is 6.01. The van der Waals surface area contributed by atoms with Gasteiger partial charge in [-0.05, 0) is 20.3 Å². The number of aliphatic hydroxyl groups excluding tert-OH is 1. The standard InChI is InChI=1S/C12H20ClN3O2/c1-4-5-10(17)6-14-11(18)7-16-9(3)12(13)8(2)15-16/h10,17H,4-7H2,1-3H3,(H,14,18). The van der Waals surface area contributed by atoms with Crippen LogP contribution in [0.5, 0.6) is 0 Å². The Kier molecular flexibility index (Phi) is 5.62. The number of carbonyl (C=O) groups excluding carboxylic acids is 1. The zero-order valence-corrected chi connectivity index (χ0v) is 11.8. The van der Waals surface area contributed by atoms with Gasteiger partial charge in [-0.3, -0.25) is 9.48 Å². The van der Waals surface area contributed by atoms with E-state index in [1.54, 1.807) is 11.6 Å². The van der Waals surface area contributed by atoms with Crippen LogP contribution in [0.4, 0.5) is 0 Å². The van der Waals surface area contributed by atoms with Gasteiger partial charge in [0.05, 0.1) is 22.5 Å². The fourth-order valence-electron chi connectivity index (χ4n) is 1.69. The zero-order valence-electron chi connectivity index (χ0n) is 11.0. The molecule has 0 spiro atoms. The van der Waals surface area contributed by atoms with E-state index >= 15 is 0 Å². The largest absolute Gasteiger partial charge is 0.391 e. The second kappa shape index (κ2) is 6.75. The highest BCUT2D eigenvalue weighted by Gasteiger charge is 2.12. The van der Waals surface area contributed by atoms with Crippen LogP contribution in [-0.2, 0) is 11.3 Å². The van der Waals surface area contributed by atoms with Crippen molar-refractivity contribution in [3.8, 4) is 0 Å². The van der Waals surface area contributed by atoms with Crippen LogP contribution in [0.2, 0.25) is 5.02 Å². The number of aromatic nitrogens is 2. The lowest BCUT2D eigenvalue weighted by Crippen LogP contribution is -2.34. The van der Waals surface area contributed by atoms with E-state index in [1.807, 2.05) is 13.8 Å². The molecule has 1 aromatic rings. The summed E-state index contributed by atoms with van der Waals surface area (Å²) in [5, 5.41) is 17.0. The summed E-state index contributed by atoms with van der Waals surface area (Å²) in [5.41, 5.74) is 1.49. The van der Waals surface area contributed by atoms with Crippen molar-refractivity contribution in [3.05, 3.63) is 16.4 Å². The van der Waals surface area contributed by atoms with Crippen LogP contribution in [-0.4, -0.2) is 33.4 Å². The third-order valence-corrected chi connectivity index (χ3v) is 3.29. The molecule has 6 heteroatoms. The zero-order chi connectivity index (χ0) is 13.7. The van der Waals surface area contributed by atoms with Crippen LogP contribution in [0.15, 0.2) is 0 Å². The molecule has 1 amide bonds. The molecule has 0 saturated heterocycles. The lowest BCUT2D eigenvalue weighted by molar-refractivity contribution is -0.122. The average Bonchev–Trinajstić information content (AvgIpc) is 2.55. The van der Waals surface area contributed by atoms with Gasteiger partial charge < -0.3 is 10.4 Å². The Balaban J connectivity index is 2.47. The predicted octanol–water partition coefficient (Wildman–Crippen LogP) is 1.43. The molecule has 0 aliphatic heterocycles. The normalized spacial score (nSPS) is 12.5. The average molecular weight is 274 g/mol. The monoisotopic (exact) mass is 273 g/mol. The van der Waals surface area contributed by atoms with Crippen molar-refractivity contribution in [2.24, 2.45) is 0 Å². The first kappa shape index (κ1) is 15.0. The lowest BCUT2D eigenvalue weighted by Gasteiger charge is -2.11. The van der Waals surface area contributed by atoms with E-state index in [4.69, 9.17) is 11.6 Å². The molecule has 0 radical (unpaired) electrons. The number of hydrogen-bond acceptors (Lipinski definition) is 3. The number of carbonyl (C=O) groups is 1. The van der Waals surface area contributed by atoms with Crippen LogP contribution in [0.25, 0.3) is 0 Å². The van der Waals surface area contributed by atoms with Gasteiger partial charge in [0.25, 0.3) is 0 Å². The van der Waals surface area contributed by atoms with Crippen molar-refractivity contribution in [2.45, 2.75) is 46.3 Å². The van der Waals surface area contributed by atoms with Crippen molar-refractivity contribution < 1.29 is 9.90 Å².